The monoisotopic (exact) mass is 551 g/mol. The molecule has 0 aliphatic carbocycles. The van der Waals surface area contributed by atoms with Crippen LogP contribution in [-0.4, -0.2) is 63.7 Å². The standard InChI is InChI=1S/C26H34ClN3O6S/c1-4-22(26(32)28-5-2)29(18-19-8-10-20(27)11-9-19)25(31)7-6-14-30(37(3,33)34)21-12-13-23-24(17-21)36-16-15-35-23/h8-13,17,22H,4-7,14-16,18H2,1-3H3,(H,28,32). The number of hydrogen-bond acceptors (Lipinski definition) is 6. The summed E-state index contributed by atoms with van der Waals surface area (Å²) in [7, 11) is -3.62. The fourth-order valence-corrected chi connectivity index (χ4v) is 5.27. The van der Waals surface area contributed by atoms with Crippen molar-refractivity contribution in [2.24, 2.45) is 0 Å². The first-order valence-corrected chi connectivity index (χ1v) is 14.6. The number of rotatable bonds is 12. The predicted octanol–water partition coefficient (Wildman–Crippen LogP) is 3.60. The highest BCUT2D eigenvalue weighted by molar-refractivity contribution is 7.92. The van der Waals surface area contributed by atoms with Crippen LogP contribution in [0.3, 0.4) is 0 Å². The summed E-state index contributed by atoms with van der Waals surface area (Å²) in [5.74, 6) is 0.591. The molecule has 11 heteroatoms. The van der Waals surface area contributed by atoms with Gasteiger partial charge in [-0.3, -0.25) is 13.9 Å². The summed E-state index contributed by atoms with van der Waals surface area (Å²) in [5, 5.41) is 3.38. The zero-order chi connectivity index (χ0) is 27.0. The van der Waals surface area contributed by atoms with Crippen molar-refractivity contribution in [1.82, 2.24) is 10.2 Å². The second-order valence-corrected chi connectivity index (χ2v) is 11.1. The summed E-state index contributed by atoms with van der Waals surface area (Å²) in [6.07, 6.45) is 1.90. The largest absolute Gasteiger partial charge is 0.486 e. The SMILES string of the molecule is CCNC(=O)C(CC)N(Cc1ccc(Cl)cc1)C(=O)CCCN(c1ccc2c(c1)OCCO2)S(C)(=O)=O. The number of likely N-dealkylation sites (N-methyl/N-ethyl adjacent to an activating group) is 1. The summed E-state index contributed by atoms with van der Waals surface area (Å²) in [6.45, 7) is 5.30. The lowest BCUT2D eigenvalue weighted by molar-refractivity contribution is -0.141. The summed E-state index contributed by atoms with van der Waals surface area (Å²) in [6, 6.07) is 11.4. The molecule has 3 rings (SSSR count). The van der Waals surface area contributed by atoms with E-state index in [9.17, 15) is 18.0 Å². The number of hydrogen-bond donors (Lipinski definition) is 1. The Balaban J connectivity index is 1.75. The average Bonchev–Trinajstić information content (AvgIpc) is 2.86. The molecule has 1 heterocycles. The highest BCUT2D eigenvalue weighted by atomic mass is 35.5. The zero-order valence-corrected chi connectivity index (χ0v) is 23.0. The Morgan fingerprint density at radius 2 is 1.73 bits per heavy atom. The Bertz CT molecular complexity index is 1190. The number of amides is 2. The number of carbonyl (C=O) groups is 2. The quantitative estimate of drug-likeness (QED) is 0.432. The van der Waals surface area contributed by atoms with E-state index in [0.29, 0.717) is 48.4 Å². The molecular formula is C26H34ClN3O6S. The van der Waals surface area contributed by atoms with E-state index >= 15 is 0 Å². The molecule has 2 amide bonds. The third-order valence-corrected chi connectivity index (χ3v) is 7.42. The average molecular weight is 552 g/mol. The number of benzene rings is 2. The lowest BCUT2D eigenvalue weighted by atomic mass is 10.1. The third-order valence-electron chi connectivity index (χ3n) is 5.97. The fourth-order valence-electron chi connectivity index (χ4n) is 4.19. The van der Waals surface area contributed by atoms with Crippen molar-refractivity contribution in [3.63, 3.8) is 0 Å². The van der Waals surface area contributed by atoms with Gasteiger partial charge in [0.25, 0.3) is 0 Å². The summed E-state index contributed by atoms with van der Waals surface area (Å²) >= 11 is 6.00. The van der Waals surface area contributed by atoms with Crippen molar-refractivity contribution in [3.8, 4) is 11.5 Å². The molecule has 1 unspecified atom stereocenters. The maximum atomic E-state index is 13.4. The van der Waals surface area contributed by atoms with E-state index in [1.54, 1.807) is 35.2 Å². The van der Waals surface area contributed by atoms with Gasteiger partial charge in [0.2, 0.25) is 21.8 Å². The van der Waals surface area contributed by atoms with E-state index in [0.717, 1.165) is 11.8 Å². The lowest BCUT2D eigenvalue weighted by Gasteiger charge is -2.31. The normalized spacial score (nSPS) is 13.5. The Kier molecular flexibility index (Phi) is 10.0. The number of nitrogens with zero attached hydrogens (tertiary/aromatic N) is 2. The van der Waals surface area contributed by atoms with Gasteiger partial charge in [0, 0.05) is 37.1 Å². The zero-order valence-electron chi connectivity index (χ0n) is 21.4. The van der Waals surface area contributed by atoms with Crippen LogP contribution in [0.2, 0.25) is 5.02 Å². The molecule has 0 radical (unpaired) electrons. The second kappa shape index (κ2) is 13.0. The molecule has 1 N–H and O–H groups in total. The number of fused-ring (bicyclic) bond motifs is 1. The highest BCUT2D eigenvalue weighted by Gasteiger charge is 2.29. The van der Waals surface area contributed by atoms with Crippen molar-refractivity contribution in [2.45, 2.75) is 45.7 Å². The van der Waals surface area contributed by atoms with Crippen molar-refractivity contribution < 1.29 is 27.5 Å². The van der Waals surface area contributed by atoms with Crippen LogP contribution in [0.4, 0.5) is 5.69 Å². The van der Waals surface area contributed by atoms with Crippen molar-refractivity contribution in [2.75, 3.05) is 36.9 Å². The van der Waals surface area contributed by atoms with Crippen LogP contribution in [-0.2, 0) is 26.2 Å². The van der Waals surface area contributed by atoms with E-state index in [1.807, 2.05) is 26.0 Å². The Hall–Kier alpha value is -2.98. The van der Waals surface area contributed by atoms with Crippen molar-refractivity contribution >= 4 is 39.1 Å². The van der Waals surface area contributed by atoms with Crippen LogP contribution in [0, 0.1) is 0 Å². The number of carbonyl (C=O) groups excluding carboxylic acids is 2. The summed E-state index contributed by atoms with van der Waals surface area (Å²) in [5.41, 5.74) is 1.28. The van der Waals surface area contributed by atoms with Gasteiger partial charge in [-0.15, -0.1) is 0 Å². The Morgan fingerprint density at radius 3 is 2.35 bits per heavy atom. The molecule has 1 atom stereocenters. The first kappa shape index (κ1) is 28.6. The lowest BCUT2D eigenvalue weighted by Crippen LogP contribution is -2.49. The molecule has 37 heavy (non-hydrogen) atoms. The van der Waals surface area contributed by atoms with Gasteiger partial charge in [-0.2, -0.15) is 0 Å². The van der Waals surface area contributed by atoms with Crippen LogP contribution in [0.15, 0.2) is 42.5 Å². The maximum Gasteiger partial charge on any atom is 0.242 e. The number of anilines is 1. The fraction of sp³-hybridized carbons (Fsp3) is 0.462. The molecule has 1 aliphatic rings. The molecular weight excluding hydrogens is 518 g/mol. The number of ether oxygens (including phenoxy) is 2. The molecule has 9 nitrogen and oxygen atoms in total. The molecule has 0 saturated heterocycles. The van der Waals surface area contributed by atoms with Crippen LogP contribution in [0.5, 0.6) is 11.5 Å². The van der Waals surface area contributed by atoms with Crippen LogP contribution >= 0.6 is 11.6 Å². The molecule has 0 aromatic heterocycles. The van der Waals surface area contributed by atoms with E-state index < -0.39 is 16.1 Å². The van der Waals surface area contributed by atoms with E-state index in [4.69, 9.17) is 21.1 Å². The molecule has 0 bridgehead atoms. The van der Waals surface area contributed by atoms with Gasteiger partial charge in [-0.25, -0.2) is 8.42 Å². The van der Waals surface area contributed by atoms with Gasteiger partial charge < -0.3 is 19.7 Å². The van der Waals surface area contributed by atoms with Gasteiger partial charge in [0.05, 0.1) is 11.9 Å². The smallest absolute Gasteiger partial charge is 0.242 e. The maximum absolute atomic E-state index is 13.4. The predicted molar refractivity (Wildman–Crippen MR) is 144 cm³/mol. The summed E-state index contributed by atoms with van der Waals surface area (Å²) < 4.78 is 37.5. The minimum absolute atomic E-state index is 0.0695. The minimum atomic E-state index is -3.62. The van der Waals surface area contributed by atoms with Crippen molar-refractivity contribution in [1.29, 1.82) is 0 Å². The third kappa shape index (κ3) is 7.75. The molecule has 202 valence electrons. The second-order valence-electron chi connectivity index (χ2n) is 8.73. The molecule has 2 aromatic carbocycles. The molecule has 1 aliphatic heterocycles. The van der Waals surface area contributed by atoms with E-state index in [2.05, 4.69) is 5.32 Å². The first-order valence-electron chi connectivity index (χ1n) is 12.3. The number of halogens is 1. The van der Waals surface area contributed by atoms with Crippen LogP contribution < -0.4 is 19.1 Å². The van der Waals surface area contributed by atoms with Gasteiger partial charge >= 0.3 is 0 Å². The van der Waals surface area contributed by atoms with E-state index in [-0.39, 0.29) is 37.7 Å². The Labute approximate surface area is 223 Å². The molecule has 2 aromatic rings. The molecule has 0 saturated carbocycles. The van der Waals surface area contributed by atoms with E-state index in [1.165, 1.54) is 4.31 Å². The summed E-state index contributed by atoms with van der Waals surface area (Å²) in [4.78, 5) is 27.7. The highest BCUT2D eigenvalue weighted by Crippen LogP contribution is 2.34. The topological polar surface area (TPSA) is 105 Å². The molecule has 0 spiro atoms. The van der Waals surface area contributed by atoms with Gasteiger partial charge in [-0.1, -0.05) is 30.7 Å². The van der Waals surface area contributed by atoms with Crippen molar-refractivity contribution in [3.05, 3.63) is 53.1 Å². The number of sulfonamides is 1. The van der Waals surface area contributed by atoms with Crippen LogP contribution in [0.1, 0.15) is 38.7 Å². The van der Waals surface area contributed by atoms with Gasteiger partial charge in [-0.05, 0) is 49.6 Å². The van der Waals surface area contributed by atoms with Gasteiger partial charge in [0.1, 0.15) is 19.3 Å². The minimum Gasteiger partial charge on any atom is -0.486 e. The first-order chi connectivity index (χ1) is 17.6. The molecule has 0 fully saturated rings. The number of nitrogens with one attached hydrogen (secondary N) is 1. The Morgan fingerprint density at radius 1 is 1.05 bits per heavy atom. The van der Waals surface area contributed by atoms with Crippen LogP contribution in [0.25, 0.3) is 0 Å². The van der Waals surface area contributed by atoms with Gasteiger partial charge in [0.15, 0.2) is 11.5 Å².